The van der Waals surface area contributed by atoms with E-state index in [2.05, 4.69) is 0 Å². The lowest BCUT2D eigenvalue weighted by Gasteiger charge is -2.25. The van der Waals surface area contributed by atoms with E-state index in [1.165, 1.54) is 16.4 Å². The molecule has 2 heterocycles. The molecule has 1 aliphatic heterocycles. The van der Waals surface area contributed by atoms with E-state index in [-0.39, 0.29) is 17.2 Å². The highest BCUT2D eigenvalue weighted by atomic mass is 32.2. The summed E-state index contributed by atoms with van der Waals surface area (Å²) in [6.07, 6.45) is 0.621. The monoisotopic (exact) mass is 424 g/mol. The van der Waals surface area contributed by atoms with E-state index >= 15 is 0 Å². The van der Waals surface area contributed by atoms with Gasteiger partial charge in [-0.05, 0) is 56.4 Å². The fourth-order valence-electron chi connectivity index (χ4n) is 3.64. The second-order valence-electron chi connectivity index (χ2n) is 7.71. The van der Waals surface area contributed by atoms with Gasteiger partial charge in [0.1, 0.15) is 11.5 Å². The highest BCUT2D eigenvalue weighted by Gasteiger charge is 2.30. The third kappa shape index (κ3) is 4.09. The second kappa shape index (κ2) is 8.18. The quantitative estimate of drug-likeness (QED) is 0.568. The zero-order chi connectivity index (χ0) is 21.3. The normalized spacial score (nSPS) is 14.6. The summed E-state index contributed by atoms with van der Waals surface area (Å²) in [6.45, 7) is 1.30. The van der Waals surface area contributed by atoms with Crippen molar-refractivity contribution in [2.24, 2.45) is 0 Å². The van der Waals surface area contributed by atoms with Gasteiger partial charge in [0.25, 0.3) is 0 Å². The van der Waals surface area contributed by atoms with E-state index < -0.39 is 10.0 Å². The Balaban J connectivity index is 1.52. The average molecular weight is 425 g/mol. The minimum atomic E-state index is -3.67. The van der Waals surface area contributed by atoms with Gasteiger partial charge in [0.15, 0.2) is 5.78 Å². The van der Waals surface area contributed by atoms with Crippen LogP contribution in [0.2, 0.25) is 0 Å². The molecule has 7 heteroatoms. The van der Waals surface area contributed by atoms with Gasteiger partial charge in [-0.25, -0.2) is 8.42 Å². The van der Waals surface area contributed by atoms with Crippen LogP contribution in [-0.2, 0) is 29.5 Å². The van der Waals surface area contributed by atoms with Crippen LogP contribution in [0.25, 0.3) is 0 Å². The number of hydrogen-bond acceptors (Lipinski definition) is 5. The minimum absolute atomic E-state index is 0.133. The molecular weight excluding hydrogens is 400 g/mol. The summed E-state index contributed by atoms with van der Waals surface area (Å²) in [5.41, 5.74) is 2.10. The molecule has 0 atom stereocenters. The lowest BCUT2D eigenvalue weighted by molar-refractivity contribution is 0.103. The molecule has 4 rings (SSSR count). The molecule has 156 valence electrons. The van der Waals surface area contributed by atoms with Crippen LogP contribution in [0.15, 0.2) is 70.0 Å². The van der Waals surface area contributed by atoms with Crippen LogP contribution in [-0.4, -0.2) is 44.0 Å². The first kappa shape index (κ1) is 20.5. The van der Waals surface area contributed by atoms with Crippen molar-refractivity contribution in [3.05, 3.63) is 88.9 Å². The molecule has 0 fully saturated rings. The maximum absolute atomic E-state index is 13.1. The molecule has 1 aromatic heterocycles. The van der Waals surface area contributed by atoms with E-state index in [0.717, 1.165) is 11.3 Å². The molecule has 0 radical (unpaired) electrons. The number of hydrogen-bond donors (Lipinski definition) is 0. The Bertz CT molecular complexity index is 1150. The van der Waals surface area contributed by atoms with Crippen LogP contribution in [0.5, 0.6) is 0 Å². The second-order valence-corrected chi connectivity index (χ2v) is 9.64. The third-order valence-electron chi connectivity index (χ3n) is 5.16. The first-order chi connectivity index (χ1) is 14.3. The number of sulfonamides is 1. The average Bonchev–Trinajstić information content (AvgIpc) is 3.14. The number of rotatable bonds is 6. The Morgan fingerprint density at radius 3 is 2.37 bits per heavy atom. The van der Waals surface area contributed by atoms with Crippen molar-refractivity contribution in [2.75, 3.05) is 20.6 Å². The summed E-state index contributed by atoms with van der Waals surface area (Å²) in [7, 11) is 0.252. The summed E-state index contributed by atoms with van der Waals surface area (Å²) in [5.74, 6) is 1.41. The van der Waals surface area contributed by atoms with E-state index in [4.69, 9.17) is 4.42 Å². The fraction of sp³-hybridized carbons (Fsp3) is 0.261. The molecule has 1 aliphatic rings. The molecule has 0 saturated heterocycles. The molecule has 30 heavy (non-hydrogen) atoms. The maximum Gasteiger partial charge on any atom is 0.243 e. The van der Waals surface area contributed by atoms with Crippen molar-refractivity contribution >= 4 is 15.8 Å². The van der Waals surface area contributed by atoms with Crippen LogP contribution in [0.4, 0.5) is 0 Å². The summed E-state index contributed by atoms with van der Waals surface area (Å²) >= 11 is 0. The number of benzene rings is 2. The van der Waals surface area contributed by atoms with E-state index in [1.54, 1.807) is 36.4 Å². The molecule has 0 bridgehead atoms. The third-order valence-corrected chi connectivity index (χ3v) is 7.02. The van der Waals surface area contributed by atoms with Crippen LogP contribution >= 0.6 is 0 Å². The predicted molar refractivity (Wildman–Crippen MR) is 114 cm³/mol. The molecule has 0 amide bonds. The van der Waals surface area contributed by atoms with Crippen molar-refractivity contribution in [3.63, 3.8) is 0 Å². The lowest BCUT2D eigenvalue weighted by atomic mass is 10.0. The zero-order valence-electron chi connectivity index (χ0n) is 17.0. The van der Waals surface area contributed by atoms with Gasteiger partial charge in [-0.15, -0.1) is 0 Å². The Kier molecular flexibility index (Phi) is 5.60. The van der Waals surface area contributed by atoms with E-state index in [1.807, 2.05) is 31.1 Å². The Morgan fingerprint density at radius 1 is 1.03 bits per heavy atom. The van der Waals surface area contributed by atoms with Crippen LogP contribution in [0.1, 0.15) is 33.0 Å². The van der Waals surface area contributed by atoms with Crippen molar-refractivity contribution < 1.29 is 17.6 Å². The highest BCUT2D eigenvalue weighted by molar-refractivity contribution is 7.89. The molecule has 0 aliphatic carbocycles. The molecule has 0 unspecified atom stereocenters. The van der Waals surface area contributed by atoms with Crippen molar-refractivity contribution in [1.29, 1.82) is 0 Å². The summed E-state index contributed by atoms with van der Waals surface area (Å²) in [5, 5.41) is 0. The lowest BCUT2D eigenvalue weighted by Crippen LogP contribution is -2.35. The zero-order valence-corrected chi connectivity index (χ0v) is 17.9. The van der Waals surface area contributed by atoms with Crippen molar-refractivity contribution in [3.8, 4) is 0 Å². The van der Waals surface area contributed by atoms with Crippen LogP contribution in [0.3, 0.4) is 0 Å². The molecule has 0 N–H and O–H groups in total. The summed E-state index contributed by atoms with van der Waals surface area (Å²) in [4.78, 5) is 14.7. The van der Waals surface area contributed by atoms with Crippen LogP contribution < -0.4 is 0 Å². The van der Waals surface area contributed by atoms with Gasteiger partial charge in [-0.2, -0.15) is 4.31 Å². The maximum atomic E-state index is 13.1. The number of furan rings is 1. The number of carbonyl (C=O) groups is 1. The predicted octanol–water partition coefficient (Wildman–Crippen LogP) is 3.32. The van der Waals surface area contributed by atoms with Gasteiger partial charge in [-0.1, -0.05) is 30.3 Å². The van der Waals surface area contributed by atoms with E-state index in [0.29, 0.717) is 36.4 Å². The fourth-order valence-corrected chi connectivity index (χ4v) is 5.03. The molecule has 6 nitrogen and oxygen atoms in total. The number of nitrogens with zero attached hydrogens (tertiary/aromatic N) is 2. The minimum Gasteiger partial charge on any atom is -0.463 e. The SMILES string of the molecule is CN(C)Cc1cc2c(o1)CN(S(=O)(=O)c1ccc(C(=O)c3ccccc3)cc1)CC2. The van der Waals surface area contributed by atoms with Gasteiger partial charge in [0.2, 0.25) is 10.0 Å². The highest BCUT2D eigenvalue weighted by Crippen LogP contribution is 2.28. The smallest absolute Gasteiger partial charge is 0.243 e. The van der Waals surface area contributed by atoms with Crippen LogP contribution in [0, 0.1) is 0 Å². The van der Waals surface area contributed by atoms with Gasteiger partial charge < -0.3 is 9.32 Å². The standard InChI is InChI=1S/C23H24N2O4S/c1-24(2)15-20-14-19-12-13-25(16-22(19)29-20)30(27,28)21-10-8-18(9-11-21)23(26)17-6-4-3-5-7-17/h3-11,14H,12-13,15-16H2,1-2H3. The first-order valence-electron chi connectivity index (χ1n) is 9.80. The Morgan fingerprint density at radius 2 is 1.70 bits per heavy atom. The van der Waals surface area contributed by atoms with Crippen molar-refractivity contribution in [2.45, 2.75) is 24.4 Å². The summed E-state index contributed by atoms with van der Waals surface area (Å²) < 4.78 is 33.6. The first-order valence-corrected chi connectivity index (χ1v) is 11.2. The Hall–Kier alpha value is -2.74. The molecule has 2 aromatic carbocycles. The molecule has 0 saturated carbocycles. The van der Waals surface area contributed by atoms with Gasteiger partial charge in [-0.3, -0.25) is 4.79 Å². The number of ketones is 1. The Labute approximate surface area is 176 Å². The van der Waals surface area contributed by atoms with Gasteiger partial charge in [0.05, 0.1) is 18.0 Å². The number of fused-ring (bicyclic) bond motifs is 1. The number of carbonyl (C=O) groups excluding carboxylic acids is 1. The molecule has 3 aromatic rings. The van der Waals surface area contributed by atoms with Crippen molar-refractivity contribution in [1.82, 2.24) is 9.21 Å². The molecular formula is C23H24N2O4S. The van der Waals surface area contributed by atoms with Gasteiger partial charge >= 0.3 is 0 Å². The molecule has 0 spiro atoms. The largest absolute Gasteiger partial charge is 0.463 e. The van der Waals surface area contributed by atoms with Gasteiger partial charge in [0, 0.05) is 17.7 Å². The van der Waals surface area contributed by atoms with E-state index in [9.17, 15) is 13.2 Å². The topological polar surface area (TPSA) is 70.8 Å². The summed E-state index contributed by atoms with van der Waals surface area (Å²) in [6, 6.07) is 17.1.